The first kappa shape index (κ1) is 15.5. The molecule has 2 N–H and O–H groups in total. The number of hydrogen-bond acceptors (Lipinski definition) is 3. The van der Waals surface area contributed by atoms with Crippen molar-refractivity contribution in [2.75, 3.05) is 0 Å². The Balaban J connectivity index is 2.25. The lowest BCUT2D eigenvalue weighted by molar-refractivity contribution is 0.287. The fourth-order valence-corrected chi connectivity index (χ4v) is 2.94. The highest BCUT2D eigenvalue weighted by Gasteiger charge is 2.14. The number of hydrogen-bond donors (Lipinski definition) is 1. The number of nitrogens with zero attached hydrogens (tertiary/aromatic N) is 2. The Labute approximate surface area is 135 Å². The number of nitrogens with two attached hydrogens (primary N) is 1. The van der Waals surface area contributed by atoms with E-state index >= 15 is 0 Å². The van der Waals surface area contributed by atoms with Crippen LogP contribution in [0.5, 0.6) is 5.75 Å². The van der Waals surface area contributed by atoms with Gasteiger partial charge in [-0.05, 0) is 51.8 Å². The molecule has 6 heteroatoms. The lowest BCUT2D eigenvalue weighted by Crippen LogP contribution is -2.08. The highest BCUT2D eigenvalue weighted by molar-refractivity contribution is 9.10. The number of halogens is 2. The zero-order chi connectivity index (χ0) is 14.7. The van der Waals surface area contributed by atoms with Gasteiger partial charge in [0, 0.05) is 18.7 Å². The van der Waals surface area contributed by atoms with E-state index in [1.54, 1.807) is 0 Å². The van der Waals surface area contributed by atoms with Gasteiger partial charge in [-0.25, -0.2) is 0 Å². The minimum absolute atomic E-state index is 0.446. The molecule has 0 fully saturated rings. The number of benzene rings is 1. The topological polar surface area (TPSA) is 53.1 Å². The highest BCUT2D eigenvalue weighted by Crippen LogP contribution is 2.30. The van der Waals surface area contributed by atoms with Crippen molar-refractivity contribution in [3.8, 4) is 5.75 Å². The van der Waals surface area contributed by atoms with Gasteiger partial charge >= 0.3 is 0 Å². The zero-order valence-corrected chi connectivity index (χ0v) is 14.7. The normalized spacial score (nSPS) is 10.8. The van der Waals surface area contributed by atoms with Gasteiger partial charge in [0.15, 0.2) is 0 Å². The molecule has 1 heterocycles. The molecule has 0 radical (unpaired) electrons. The van der Waals surface area contributed by atoms with Gasteiger partial charge in [-0.3, -0.25) is 4.68 Å². The molecule has 0 spiro atoms. The Kier molecular flexibility index (Phi) is 5.23. The summed E-state index contributed by atoms with van der Waals surface area (Å²) in [5, 5.41) is 4.46. The van der Waals surface area contributed by atoms with Gasteiger partial charge in [-0.1, -0.05) is 12.1 Å². The largest absolute Gasteiger partial charge is 0.486 e. The predicted molar refractivity (Wildman–Crippen MR) is 86.7 cm³/mol. The van der Waals surface area contributed by atoms with Crippen molar-refractivity contribution < 1.29 is 4.74 Å². The first-order valence-corrected chi connectivity index (χ1v) is 7.99. The maximum absolute atomic E-state index is 5.96. The number of aromatic nitrogens is 2. The van der Waals surface area contributed by atoms with Gasteiger partial charge in [-0.15, -0.1) is 0 Å². The van der Waals surface area contributed by atoms with Crippen LogP contribution < -0.4 is 10.5 Å². The molecule has 0 aliphatic heterocycles. The van der Waals surface area contributed by atoms with Crippen LogP contribution in [0.3, 0.4) is 0 Å². The molecular weight excluding hydrogens is 386 g/mol. The van der Waals surface area contributed by atoms with Crippen LogP contribution in [-0.4, -0.2) is 9.78 Å². The van der Waals surface area contributed by atoms with Crippen molar-refractivity contribution in [1.29, 1.82) is 0 Å². The second kappa shape index (κ2) is 6.74. The first-order valence-electron chi connectivity index (χ1n) is 6.40. The van der Waals surface area contributed by atoms with Gasteiger partial charge in [0.1, 0.15) is 12.4 Å². The molecule has 20 heavy (non-hydrogen) atoms. The van der Waals surface area contributed by atoms with E-state index in [2.05, 4.69) is 43.9 Å². The lowest BCUT2D eigenvalue weighted by Gasteiger charge is -2.13. The molecule has 0 saturated heterocycles. The molecule has 2 aromatic rings. The molecule has 2 rings (SSSR count). The zero-order valence-electron chi connectivity index (χ0n) is 11.5. The Morgan fingerprint density at radius 2 is 2.10 bits per heavy atom. The number of para-hydroxylation sites is 1. The molecule has 0 bridgehead atoms. The fraction of sp³-hybridized carbons (Fsp3) is 0.357. The summed E-state index contributed by atoms with van der Waals surface area (Å²) in [5.74, 6) is 0.795. The first-order chi connectivity index (χ1) is 9.58. The van der Waals surface area contributed by atoms with Crippen LogP contribution >= 0.6 is 31.9 Å². The quantitative estimate of drug-likeness (QED) is 0.827. The van der Waals surface area contributed by atoms with E-state index in [-0.39, 0.29) is 0 Å². The average Bonchev–Trinajstić information content (AvgIpc) is 2.72. The summed E-state index contributed by atoms with van der Waals surface area (Å²) >= 11 is 7.08. The van der Waals surface area contributed by atoms with Crippen molar-refractivity contribution in [1.82, 2.24) is 9.78 Å². The summed E-state index contributed by atoms with van der Waals surface area (Å²) in [6.07, 6.45) is 0. The minimum atomic E-state index is 0.446. The van der Waals surface area contributed by atoms with Crippen molar-refractivity contribution in [2.24, 2.45) is 5.73 Å². The molecule has 1 aromatic carbocycles. The molecule has 0 unspecified atom stereocenters. The minimum Gasteiger partial charge on any atom is -0.486 e. The molecule has 0 aliphatic carbocycles. The molecule has 0 atom stereocenters. The smallest absolute Gasteiger partial charge is 0.138 e. The van der Waals surface area contributed by atoms with Crippen LogP contribution in [0.1, 0.15) is 23.9 Å². The Morgan fingerprint density at radius 1 is 1.35 bits per heavy atom. The van der Waals surface area contributed by atoms with E-state index in [0.29, 0.717) is 13.2 Å². The van der Waals surface area contributed by atoms with Crippen LogP contribution in [0, 0.1) is 6.92 Å². The Hall–Kier alpha value is -0.850. The van der Waals surface area contributed by atoms with Crippen LogP contribution in [-0.2, 0) is 19.7 Å². The number of ether oxygens (including phenoxy) is 1. The third kappa shape index (κ3) is 3.07. The lowest BCUT2D eigenvalue weighted by atomic mass is 10.2. The van der Waals surface area contributed by atoms with Gasteiger partial charge in [0.2, 0.25) is 0 Å². The van der Waals surface area contributed by atoms with E-state index in [1.165, 1.54) is 0 Å². The fourth-order valence-electron chi connectivity index (χ4n) is 2.02. The predicted octanol–water partition coefficient (Wildman–Crippen LogP) is 3.77. The number of aryl methyl sites for hydroxylation is 2. The van der Waals surface area contributed by atoms with E-state index in [9.17, 15) is 0 Å². The van der Waals surface area contributed by atoms with Crippen molar-refractivity contribution >= 4 is 31.9 Å². The van der Waals surface area contributed by atoms with Gasteiger partial charge in [-0.2, -0.15) is 5.10 Å². The third-order valence-corrected chi connectivity index (χ3v) is 4.73. The second-order valence-corrected chi connectivity index (χ2v) is 6.03. The number of rotatable bonds is 5. The SMILES string of the molecule is CCn1nc(C)c(Br)c1COc1c(Br)cccc1CN. The Morgan fingerprint density at radius 3 is 2.75 bits per heavy atom. The monoisotopic (exact) mass is 401 g/mol. The standard InChI is InChI=1S/C14H17Br2N3O/c1-3-19-12(13(16)9(2)18-19)8-20-14-10(7-17)5-4-6-11(14)15/h4-6H,3,7-8,17H2,1-2H3. The summed E-state index contributed by atoms with van der Waals surface area (Å²) in [6.45, 7) is 5.74. The second-order valence-electron chi connectivity index (χ2n) is 4.38. The van der Waals surface area contributed by atoms with E-state index in [0.717, 1.165) is 38.2 Å². The summed E-state index contributed by atoms with van der Waals surface area (Å²) in [7, 11) is 0. The van der Waals surface area contributed by atoms with Crippen LogP contribution in [0.2, 0.25) is 0 Å². The maximum atomic E-state index is 5.96. The molecule has 108 valence electrons. The molecule has 0 aliphatic rings. The highest BCUT2D eigenvalue weighted by atomic mass is 79.9. The molecule has 1 aromatic heterocycles. The van der Waals surface area contributed by atoms with E-state index < -0.39 is 0 Å². The van der Waals surface area contributed by atoms with Gasteiger partial charge in [0.05, 0.1) is 20.3 Å². The van der Waals surface area contributed by atoms with Crippen LogP contribution in [0.4, 0.5) is 0 Å². The summed E-state index contributed by atoms with van der Waals surface area (Å²) in [5.41, 5.74) is 8.73. The maximum Gasteiger partial charge on any atom is 0.138 e. The van der Waals surface area contributed by atoms with E-state index in [1.807, 2.05) is 29.8 Å². The molecular formula is C14H17Br2N3O. The van der Waals surface area contributed by atoms with Crippen LogP contribution in [0.25, 0.3) is 0 Å². The Bertz CT molecular complexity index is 611. The van der Waals surface area contributed by atoms with Gasteiger partial charge < -0.3 is 10.5 Å². The van der Waals surface area contributed by atoms with Crippen molar-refractivity contribution in [3.05, 3.63) is 44.1 Å². The van der Waals surface area contributed by atoms with Crippen molar-refractivity contribution in [3.63, 3.8) is 0 Å². The van der Waals surface area contributed by atoms with E-state index in [4.69, 9.17) is 10.5 Å². The molecule has 0 saturated carbocycles. The van der Waals surface area contributed by atoms with Crippen molar-refractivity contribution in [2.45, 2.75) is 33.5 Å². The summed E-state index contributed by atoms with van der Waals surface area (Å²) in [6, 6.07) is 5.87. The van der Waals surface area contributed by atoms with Gasteiger partial charge in [0.25, 0.3) is 0 Å². The molecule has 0 amide bonds. The summed E-state index contributed by atoms with van der Waals surface area (Å²) in [4.78, 5) is 0. The molecule has 4 nitrogen and oxygen atoms in total. The third-order valence-electron chi connectivity index (χ3n) is 3.07. The average molecular weight is 403 g/mol. The summed E-state index contributed by atoms with van der Waals surface area (Å²) < 4.78 is 9.82. The van der Waals surface area contributed by atoms with Crippen LogP contribution in [0.15, 0.2) is 27.1 Å².